The van der Waals surface area contributed by atoms with Crippen LogP contribution in [0.3, 0.4) is 0 Å². The molecule has 0 aliphatic rings. The first kappa shape index (κ1) is 21.0. The number of alkyl halides is 2. The first-order valence-electron chi connectivity index (χ1n) is 7.43. The van der Waals surface area contributed by atoms with Gasteiger partial charge in [0.05, 0.1) is 4.90 Å². The highest BCUT2D eigenvalue weighted by Gasteiger charge is 2.31. The van der Waals surface area contributed by atoms with Crippen LogP contribution < -0.4 is 4.74 Å². The fraction of sp³-hybridized carbons (Fsp3) is 0.235. The van der Waals surface area contributed by atoms with Crippen LogP contribution in [0.1, 0.15) is 11.1 Å². The van der Waals surface area contributed by atoms with E-state index in [-0.39, 0.29) is 34.2 Å². The summed E-state index contributed by atoms with van der Waals surface area (Å²) >= 11 is 5.76. The third kappa shape index (κ3) is 4.71. The Balaban J connectivity index is 2.66. The Bertz CT molecular complexity index is 985. The lowest BCUT2D eigenvalue weighted by atomic mass is 10.1. The minimum Gasteiger partial charge on any atom is -0.456 e. The van der Waals surface area contributed by atoms with Gasteiger partial charge in [-0.2, -0.15) is 14.0 Å². The summed E-state index contributed by atoms with van der Waals surface area (Å²) in [4.78, 5) is 0.858. The highest BCUT2D eigenvalue weighted by molar-refractivity contribution is 7.91. The number of nitriles is 1. The van der Waals surface area contributed by atoms with E-state index in [0.29, 0.717) is 0 Å². The molecule has 2 aromatic carbocycles. The molecule has 0 aliphatic heterocycles. The topological polar surface area (TPSA) is 70.4 Å². The molecular formula is C17H14ClF3N2O3S. The van der Waals surface area contributed by atoms with Crippen LogP contribution in [-0.2, 0) is 16.4 Å². The molecule has 0 unspecified atom stereocenters. The summed E-state index contributed by atoms with van der Waals surface area (Å²) in [5, 5.41) is 9.55. The fourth-order valence-corrected chi connectivity index (χ4v) is 3.54. The summed E-state index contributed by atoms with van der Waals surface area (Å²) in [5.74, 6) is -4.46. The Hall–Kier alpha value is -2.28. The van der Waals surface area contributed by atoms with Gasteiger partial charge in [0.25, 0.3) is 0 Å². The molecule has 0 heterocycles. The SMILES string of the molecule is CN(C)Cc1c(S(=O)(=O)C(F)F)ccc(Oc2cc(F)cc(Cl)c2)c1C#N. The van der Waals surface area contributed by atoms with Crippen molar-refractivity contribution in [2.75, 3.05) is 14.1 Å². The summed E-state index contributed by atoms with van der Waals surface area (Å²) in [6, 6.07) is 7.16. The average Bonchev–Trinajstić information content (AvgIpc) is 2.53. The molecule has 0 saturated heterocycles. The maximum atomic E-state index is 13.5. The molecule has 0 bridgehead atoms. The van der Waals surface area contributed by atoms with Crippen molar-refractivity contribution in [2.45, 2.75) is 17.2 Å². The minimum absolute atomic E-state index is 0.0308. The number of hydrogen-bond donors (Lipinski definition) is 0. The zero-order valence-electron chi connectivity index (χ0n) is 14.2. The van der Waals surface area contributed by atoms with Gasteiger partial charge in [-0.3, -0.25) is 0 Å². The Labute approximate surface area is 159 Å². The number of halogens is 4. The van der Waals surface area contributed by atoms with Gasteiger partial charge in [0.1, 0.15) is 28.9 Å². The van der Waals surface area contributed by atoms with E-state index in [4.69, 9.17) is 16.3 Å². The van der Waals surface area contributed by atoms with Crippen molar-refractivity contribution >= 4 is 21.4 Å². The van der Waals surface area contributed by atoms with Crippen molar-refractivity contribution in [1.82, 2.24) is 4.90 Å². The van der Waals surface area contributed by atoms with Crippen LogP contribution in [0.2, 0.25) is 5.02 Å². The average molecular weight is 419 g/mol. The van der Waals surface area contributed by atoms with Crippen molar-refractivity contribution in [3.05, 3.63) is 52.3 Å². The van der Waals surface area contributed by atoms with Crippen LogP contribution in [0, 0.1) is 17.1 Å². The van der Waals surface area contributed by atoms with E-state index in [1.165, 1.54) is 11.0 Å². The first-order valence-corrected chi connectivity index (χ1v) is 9.35. The Morgan fingerprint density at radius 3 is 2.44 bits per heavy atom. The van der Waals surface area contributed by atoms with Gasteiger partial charge >= 0.3 is 5.76 Å². The molecular weight excluding hydrogens is 405 g/mol. The molecule has 0 aliphatic carbocycles. The molecule has 2 rings (SSSR count). The summed E-state index contributed by atoms with van der Waals surface area (Å²) in [6.45, 7) is -0.106. The van der Waals surface area contributed by atoms with Gasteiger partial charge in [0.2, 0.25) is 9.84 Å². The lowest BCUT2D eigenvalue weighted by Crippen LogP contribution is -2.19. The van der Waals surface area contributed by atoms with E-state index >= 15 is 0 Å². The number of ether oxygens (including phenoxy) is 1. The standard InChI is InChI=1S/C17H14ClF3N2O3S/c1-23(2)9-14-13(8-22)15(3-4-16(14)27(24,25)17(20)21)26-12-6-10(18)5-11(19)7-12/h3-7,17H,9H2,1-2H3. The quantitative estimate of drug-likeness (QED) is 0.703. The lowest BCUT2D eigenvalue weighted by Gasteiger charge is -2.18. The normalized spacial score (nSPS) is 11.7. The molecule has 0 spiro atoms. The number of nitrogens with zero attached hydrogens (tertiary/aromatic N) is 2. The smallest absolute Gasteiger partial charge is 0.341 e. The largest absolute Gasteiger partial charge is 0.456 e. The second-order valence-corrected chi connectivity index (χ2v) is 8.10. The van der Waals surface area contributed by atoms with Gasteiger partial charge in [0.15, 0.2) is 0 Å². The van der Waals surface area contributed by atoms with Crippen molar-refractivity contribution in [2.24, 2.45) is 0 Å². The summed E-state index contributed by atoms with van der Waals surface area (Å²) < 4.78 is 68.9. The fourth-order valence-electron chi connectivity index (χ4n) is 2.37. The van der Waals surface area contributed by atoms with Gasteiger partial charge in [-0.25, -0.2) is 12.8 Å². The molecule has 0 aromatic heterocycles. The second kappa shape index (κ2) is 8.17. The van der Waals surface area contributed by atoms with E-state index in [1.807, 2.05) is 0 Å². The third-order valence-electron chi connectivity index (χ3n) is 3.42. The van der Waals surface area contributed by atoms with Crippen LogP contribution in [0.25, 0.3) is 0 Å². The molecule has 5 nitrogen and oxygen atoms in total. The highest BCUT2D eigenvalue weighted by Crippen LogP contribution is 2.34. The zero-order chi connectivity index (χ0) is 20.4. The lowest BCUT2D eigenvalue weighted by molar-refractivity contribution is 0.234. The number of rotatable bonds is 6. The number of benzene rings is 2. The predicted molar refractivity (Wildman–Crippen MR) is 93.2 cm³/mol. The maximum absolute atomic E-state index is 13.5. The van der Waals surface area contributed by atoms with Gasteiger partial charge in [0, 0.05) is 23.2 Å². The van der Waals surface area contributed by atoms with Crippen LogP contribution >= 0.6 is 11.6 Å². The second-order valence-electron chi connectivity index (χ2n) is 5.78. The van der Waals surface area contributed by atoms with Crippen molar-refractivity contribution in [3.8, 4) is 17.6 Å². The Morgan fingerprint density at radius 2 is 1.93 bits per heavy atom. The van der Waals surface area contributed by atoms with Crippen molar-refractivity contribution in [3.63, 3.8) is 0 Å². The van der Waals surface area contributed by atoms with Crippen molar-refractivity contribution < 1.29 is 26.3 Å². The molecule has 10 heteroatoms. The van der Waals surface area contributed by atoms with Gasteiger partial charge in [-0.05, 0) is 38.4 Å². The number of hydrogen-bond acceptors (Lipinski definition) is 5. The Kier molecular flexibility index (Phi) is 6.36. The molecule has 27 heavy (non-hydrogen) atoms. The van der Waals surface area contributed by atoms with E-state index in [2.05, 4.69) is 0 Å². The monoisotopic (exact) mass is 418 g/mol. The van der Waals surface area contributed by atoms with Crippen molar-refractivity contribution in [1.29, 1.82) is 5.26 Å². The summed E-state index contributed by atoms with van der Waals surface area (Å²) in [7, 11) is -1.77. The molecule has 0 radical (unpaired) electrons. The zero-order valence-corrected chi connectivity index (χ0v) is 15.8. The molecule has 0 N–H and O–H groups in total. The van der Waals surface area contributed by atoms with Crippen LogP contribution in [-0.4, -0.2) is 33.2 Å². The van der Waals surface area contributed by atoms with Crippen LogP contribution in [0.5, 0.6) is 11.5 Å². The molecule has 0 saturated carbocycles. The summed E-state index contributed by atoms with van der Waals surface area (Å²) in [6.07, 6.45) is 0. The molecule has 0 atom stereocenters. The van der Waals surface area contributed by atoms with E-state index < -0.39 is 26.3 Å². The Morgan fingerprint density at radius 1 is 1.26 bits per heavy atom. The van der Waals surface area contributed by atoms with E-state index in [1.54, 1.807) is 20.2 Å². The first-order chi connectivity index (χ1) is 12.6. The predicted octanol–water partition coefficient (Wildman–Crippen LogP) is 4.20. The van der Waals surface area contributed by atoms with E-state index in [0.717, 1.165) is 24.3 Å². The molecule has 0 fully saturated rings. The van der Waals surface area contributed by atoms with Gasteiger partial charge < -0.3 is 9.64 Å². The summed E-state index contributed by atoms with van der Waals surface area (Å²) in [5.41, 5.74) is -0.381. The van der Waals surface area contributed by atoms with Crippen LogP contribution in [0.15, 0.2) is 35.2 Å². The minimum atomic E-state index is -4.94. The molecule has 144 valence electrons. The van der Waals surface area contributed by atoms with Gasteiger partial charge in [-0.1, -0.05) is 11.6 Å². The number of sulfone groups is 1. The van der Waals surface area contributed by atoms with E-state index in [9.17, 15) is 26.9 Å². The molecule has 2 aromatic rings. The van der Waals surface area contributed by atoms with Crippen LogP contribution in [0.4, 0.5) is 13.2 Å². The van der Waals surface area contributed by atoms with Gasteiger partial charge in [-0.15, -0.1) is 0 Å². The highest BCUT2D eigenvalue weighted by atomic mass is 35.5. The molecule has 0 amide bonds. The third-order valence-corrected chi connectivity index (χ3v) is 5.11. The maximum Gasteiger partial charge on any atom is 0.341 e.